The second-order valence-corrected chi connectivity index (χ2v) is 21.0. The second-order valence-electron chi connectivity index (χ2n) is 21.0. The van der Waals surface area contributed by atoms with Gasteiger partial charge in [0.25, 0.3) is 0 Å². The largest absolute Gasteiger partial charge is 0.394 e. The quantitative estimate of drug-likeness (QED) is 0.0215. The molecule has 9 atom stereocenters. The van der Waals surface area contributed by atoms with Crippen molar-refractivity contribution in [2.24, 2.45) is 0 Å². The van der Waals surface area contributed by atoms with Gasteiger partial charge in [-0.15, -0.1) is 0 Å². The van der Waals surface area contributed by atoms with Crippen molar-refractivity contribution in [1.29, 1.82) is 0 Å². The molecule has 0 radical (unpaired) electrons. The van der Waals surface area contributed by atoms with Gasteiger partial charge in [0, 0.05) is 0 Å². The summed E-state index contributed by atoms with van der Waals surface area (Å²) in [6.45, 7) is 3.31. The summed E-state index contributed by atoms with van der Waals surface area (Å²) < 4.78 is 11.1. The van der Waals surface area contributed by atoms with E-state index >= 15 is 0 Å². The molecule has 11 heteroatoms. The maximum absolute atomic E-state index is 13.1. The smallest absolute Gasteiger partial charge is 0.249 e. The van der Waals surface area contributed by atoms with Crippen molar-refractivity contribution in [3.8, 4) is 0 Å². The first-order chi connectivity index (χ1) is 34.2. The minimum atomic E-state index is -1.67. The Balaban J connectivity index is 2.10. The van der Waals surface area contributed by atoms with E-state index in [1.54, 1.807) is 0 Å². The first-order valence-electron chi connectivity index (χ1n) is 29.7. The van der Waals surface area contributed by atoms with E-state index in [1.807, 2.05) is 6.08 Å². The Morgan fingerprint density at radius 1 is 0.500 bits per heavy atom. The predicted octanol–water partition coefficient (Wildman–Crippen LogP) is 12.5. The Morgan fingerprint density at radius 3 is 1.29 bits per heavy atom. The molecule has 1 aliphatic heterocycles. The molecular weight excluding hydrogens is 883 g/mol. The number of aliphatic hydroxyl groups excluding tert-OH is 7. The van der Waals surface area contributed by atoms with Crippen LogP contribution in [0.2, 0.25) is 0 Å². The molecule has 0 saturated carbocycles. The number of allylic oxidation sites excluding steroid dienone is 4. The summed E-state index contributed by atoms with van der Waals surface area (Å²) in [7, 11) is 0. The molecule has 9 unspecified atom stereocenters. The summed E-state index contributed by atoms with van der Waals surface area (Å²) in [6.07, 6.45) is 47.4. The van der Waals surface area contributed by atoms with Gasteiger partial charge in [-0.25, -0.2) is 0 Å². The van der Waals surface area contributed by atoms with Gasteiger partial charge in [0.05, 0.1) is 25.4 Å². The molecule has 1 fully saturated rings. The number of hydrogen-bond acceptors (Lipinski definition) is 10. The number of amides is 1. The van der Waals surface area contributed by atoms with Crippen LogP contribution in [-0.4, -0.2) is 110 Å². The van der Waals surface area contributed by atoms with Gasteiger partial charge in [-0.2, -0.15) is 0 Å². The van der Waals surface area contributed by atoms with Gasteiger partial charge in [0.2, 0.25) is 5.91 Å². The highest BCUT2D eigenvalue weighted by Gasteiger charge is 2.44. The summed E-state index contributed by atoms with van der Waals surface area (Å²) in [5.41, 5.74) is 0. The minimum absolute atomic E-state index is 0.246. The van der Waals surface area contributed by atoms with E-state index in [2.05, 4.69) is 37.4 Å². The summed E-state index contributed by atoms with van der Waals surface area (Å²) in [6, 6.07) is -1.19. The number of hydrogen-bond donors (Lipinski definition) is 8. The SMILES string of the molecule is CC/C=C/CC/C=C/CCCC(O)C(O)C(COC1OC(CO)C(O)C(O)C1O)NC(=O)C(O)CCCCCCCCCCCCCCCCCCCCCCCCCCCCCCCCCCCC. The lowest BCUT2D eigenvalue weighted by Crippen LogP contribution is -2.60. The minimum Gasteiger partial charge on any atom is -0.394 e. The molecule has 8 N–H and O–H groups in total. The molecule has 0 bridgehead atoms. The Hall–Kier alpha value is -1.41. The van der Waals surface area contributed by atoms with Crippen LogP contribution in [0.1, 0.15) is 277 Å². The fraction of sp³-hybridized carbons (Fsp3) is 0.915. The molecular formula is C59H113NO10. The zero-order valence-electron chi connectivity index (χ0n) is 45.3. The van der Waals surface area contributed by atoms with Crippen LogP contribution in [0, 0.1) is 0 Å². The molecule has 0 aromatic rings. The van der Waals surface area contributed by atoms with Gasteiger partial charge in [-0.1, -0.05) is 256 Å². The van der Waals surface area contributed by atoms with E-state index in [0.29, 0.717) is 19.3 Å². The molecule has 0 aromatic heterocycles. The van der Waals surface area contributed by atoms with Gasteiger partial charge in [0.15, 0.2) is 6.29 Å². The molecule has 0 aliphatic carbocycles. The van der Waals surface area contributed by atoms with Crippen LogP contribution in [0.5, 0.6) is 0 Å². The molecule has 1 saturated heterocycles. The highest BCUT2D eigenvalue weighted by molar-refractivity contribution is 5.80. The molecule has 1 heterocycles. The number of nitrogens with one attached hydrogen (secondary N) is 1. The average molecular weight is 997 g/mol. The monoisotopic (exact) mass is 996 g/mol. The number of ether oxygens (including phenoxy) is 2. The highest BCUT2D eigenvalue weighted by Crippen LogP contribution is 2.23. The van der Waals surface area contributed by atoms with Crippen molar-refractivity contribution < 1.29 is 50.0 Å². The van der Waals surface area contributed by atoms with Crippen molar-refractivity contribution in [2.75, 3.05) is 13.2 Å². The Kier molecular flexibility index (Phi) is 46.2. The van der Waals surface area contributed by atoms with Crippen LogP contribution in [0.25, 0.3) is 0 Å². The highest BCUT2D eigenvalue weighted by atomic mass is 16.7. The van der Waals surface area contributed by atoms with Crippen molar-refractivity contribution in [3.05, 3.63) is 24.3 Å². The lowest BCUT2D eigenvalue weighted by molar-refractivity contribution is -0.303. The van der Waals surface area contributed by atoms with E-state index in [1.165, 1.54) is 193 Å². The topological polar surface area (TPSA) is 189 Å². The van der Waals surface area contributed by atoms with Crippen molar-refractivity contribution in [3.63, 3.8) is 0 Å². The molecule has 0 aromatic carbocycles. The molecule has 1 rings (SSSR count). The zero-order chi connectivity index (χ0) is 51.1. The number of rotatable bonds is 51. The van der Waals surface area contributed by atoms with Crippen LogP contribution in [0.3, 0.4) is 0 Å². The van der Waals surface area contributed by atoms with Gasteiger partial charge in [-0.05, 0) is 44.9 Å². The molecule has 1 amide bonds. The van der Waals surface area contributed by atoms with E-state index in [4.69, 9.17) is 9.47 Å². The summed E-state index contributed by atoms with van der Waals surface area (Å²) in [5.74, 6) is -0.709. The first-order valence-corrected chi connectivity index (χ1v) is 29.7. The average Bonchev–Trinajstić information content (AvgIpc) is 3.36. The maximum atomic E-state index is 13.1. The third-order valence-electron chi connectivity index (χ3n) is 14.5. The molecule has 11 nitrogen and oxygen atoms in total. The number of carbonyl (C=O) groups excluding carboxylic acids is 1. The summed E-state index contributed by atoms with van der Waals surface area (Å²) in [5, 5.41) is 75.7. The Morgan fingerprint density at radius 2 is 0.886 bits per heavy atom. The lowest BCUT2D eigenvalue weighted by Gasteiger charge is -2.40. The molecule has 414 valence electrons. The fourth-order valence-corrected chi connectivity index (χ4v) is 9.70. The summed E-state index contributed by atoms with van der Waals surface area (Å²) in [4.78, 5) is 13.1. The molecule has 70 heavy (non-hydrogen) atoms. The van der Waals surface area contributed by atoms with E-state index in [0.717, 1.165) is 38.5 Å². The number of aliphatic hydroxyl groups is 7. The van der Waals surface area contributed by atoms with Gasteiger partial charge in [-0.3, -0.25) is 4.79 Å². The van der Waals surface area contributed by atoms with E-state index in [9.17, 15) is 40.5 Å². The van der Waals surface area contributed by atoms with Crippen LogP contribution in [0.4, 0.5) is 0 Å². The maximum Gasteiger partial charge on any atom is 0.249 e. The fourth-order valence-electron chi connectivity index (χ4n) is 9.70. The van der Waals surface area contributed by atoms with Crippen molar-refractivity contribution in [2.45, 2.75) is 332 Å². The van der Waals surface area contributed by atoms with E-state index < -0.39 is 74.2 Å². The third kappa shape index (κ3) is 36.5. The normalized spacial score (nSPS) is 20.4. The van der Waals surface area contributed by atoms with Crippen molar-refractivity contribution >= 4 is 5.91 Å². The van der Waals surface area contributed by atoms with Gasteiger partial charge in [0.1, 0.15) is 36.6 Å². The number of unbranched alkanes of at least 4 members (excludes halogenated alkanes) is 35. The van der Waals surface area contributed by atoms with Crippen LogP contribution < -0.4 is 5.32 Å². The summed E-state index contributed by atoms with van der Waals surface area (Å²) >= 11 is 0. The van der Waals surface area contributed by atoms with Crippen LogP contribution in [-0.2, 0) is 14.3 Å². The Bertz CT molecular complexity index is 1190. The second kappa shape index (κ2) is 48.5. The third-order valence-corrected chi connectivity index (χ3v) is 14.5. The number of carbonyl (C=O) groups is 1. The molecule has 1 aliphatic rings. The van der Waals surface area contributed by atoms with Gasteiger partial charge < -0.3 is 50.5 Å². The standard InChI is InChI=1S/C59H113NO10/c1-3-5-7-9-11-13-14-15-16-17-18-19-20-21-22-23-24-25-26-27-28-29-30-31-32-33-34-35-36-37-39-41-43-45-47-52(63)58(68)60-50(49-69-59-57(67)56(66)55(65)53(48-61)70-59)54(64)51(62)46-44-42-40-38-12-10-8-6-4-2/h6,8,38,40,50-57,59,61-67H,3-5,7,9-37,39,41-49H2,1-2H3,(H,60,68)/b8-6+,40-38+. The Labute approximate surface area is 429 Å². The first kappa shape index (κ1) is 66.6. The van der Waals surface area contributed by atoms with E-state index in [-0.39, 0.29) is 12.8 Å². The predicted molar refractivity (Wildman–Crippen MR) is 289 cm³/mol. The van der Waals surface area contributed by atoms with Crippen molar-refractivity contribution in [1.82, 2.24) is 5.32 Å². The van der Waals surface area contributed by atoms with Crippen LogP contribution in [0.15, 0.2) is 24.3 Å². The lowest BCUT2D eigenvalue weighted by atomic mass is 9.98. The van der Waals surface area contributed by atoms with Gasteiger partial charge >= 0.3 is 0 Å². The molecule has 0 spiro atoms. The zero-order valence-corrected chi connectivity index (χ0v) is 45.3. The van der Waals surface area contributed by atoms with Crippen LogP contribution >= 0.6 is 0 Å².